The highest BCUT2D eigenvalue weighted by Gasteiger charge is 2.43. The van der Waals surface area contributed by atoms with Crippen molar-refractivity contribution in [3.63, 3.8) is 0 Å². The summed E-state index contributed by atoms with van der Waals surface area (Å²) in [7, 11) is 0. The van der Waals surface area contributed by atoms with Gasteiger partial charge in [0.15, 0.2) is 0 Å². The molecule has 1 aliphatic heterocycles. The lowest BCUT2D eigenvalue weighted by Crippen LogP contribution is -2.47. The highest BCUT2D eigenvalue weighted by atomic mass is 16.5. The highest BCUT2D eigenvalue weighted by molar-refractivity contribution is 4.95. The van der Waals surface area contributed by atoms with Crippen molar-refractivity contribution in [1.82, 2.24) is 0 Å². The van der Waals surface area contributed by atoms with E-state index in [-0.39, 0.29) is 11.7 Å². The van der Waals surface area contributed by atoms with Crippen LogP contribution < -0.4 is 0 Å². The maximum absolute atomic E-state index is 9.72. The summed E-state index contributed by atoms with van der Waals surface area (Å²) in [6.07, 6.45) is 6.37. The van der Waals surface area contributed by atoms with Gasteiger partial charge in [0.2, 0.25) is 0 Å². The van der Waals surface area contributed by atoms with Gasteiger partial charge in [0.05, 0.1) is 11.7 Å². The average Bonchev–Trinajstić information content (AvgIpc) is 2.00. The predicted octanol–water partition coefficient (Wildman–Crippen LogP) is 2.50. The Morgan fingerprint density at radius 3 is 2.71 bits per heavy atom. The first-order valence-corrected chi connectivity index (χ1v) is 5.84. The SMILES string of the molecule is CC1(C)CCCC2(CC(O)CCO2)C1. The van der Waals surface area contributed by atoms with Crippen molar-refractivity contribution in [3.8, 4) is 0 Å². The Morgan fingerprint density at radius 2 is 2.07 bits per heavy atom. The minimum Gasteiger partial charge on any atom is -0.393 e. The summed E-state index contributed by atoms with van der Waals surface area (Å²) in [6.45, 7) is 5.38. The molecule has 1 heterocycles. The van der Waals surface area contributed by atoms with Crippen LogP contribution >= 0.6 is 0 Å². The Kier molecular flexibility index (Phi) is 2.61. The van der Waals surface area contributed by atoms with Crippen molar-refractivity contribution in [2.24, 2.45) is 5.41 Å². The molecule has 1 N–H and O–H groups in total. The van der Waals surface area contributed by atoms with E-state index in [9.17, 15) is 5.11 Å². The fourth-order valence-corrected chi connectivity index (χ4v) is 3.24. The zero-order valence-electron chi connectivity index (χ0n) is 9.38. The number of ether oxygens (including phenoxy) is 1. The van der Waals surface area contributed by atoms with E-state index in [1.807, 2.05) is 0 Å². The standard InChI is InChI=1S/C12H22O2/c1-11(2)5-3-6-12(9-11)8-10(13)4-7-14-12/h10,13H,3-9H2,1-2H3. The molecule has 82 valence electrons. The fourth-order valence-electron chi connectivity index (χ4n) is 3.24. The van der Waals surface area contributed by atoms with Crippen LogP contribution in [0, 0.1) is 5.41 Å². The van der Waals surface area contributed by atoms with E-state index in [2.05, 4.69) is 13.8 Å². The fraction of sp³-hybridized carbons (Fsp3) is 1.00. The number of hydrogen-bond acceptors (Lipinski definition) is 2. The van der Waals surface area contributed by atoms with Crippen molar-refractivity contribution in [2.45, 2.75) is 64.1 Å². The van der Waals surface area contributed by atoms with Crippen molar-refractivity contribution in [2.75, 3.05) is 6.61 Å². The molecule has 0 aromatic carbocycles. The predicted molar refractivity (Wildman–Crippen MR) is 56.2 cm³/mol. The number of rotatable bonds is 0. The molecule has 2 atom stereocenters. The van der Waals surface area contributed by atoms with Crippen LogP contribution in [0.25, 0.3) is 0 Å². The summed E-state index contributed by atoms with van der Waals surface area (Å²) in [5, 5.41) is 9.72. The molecule has 14 heavy (non-hydrogen) atoms. The van der Waals surface area contributed by atoms with E-state index < -0.39 is 0 Å². The Hall–Kier alpha value is -0.0800. The summed E-state index contributed by atoms with van der Waals surface area (Å²) >= 11 is 0. The van der Waals surface area contributed by atoms with Gasteiger partial charge in [-0.2, -0.15) is 0 Å². The molecule has 0 bridgehead atoms. The van der Waals surface area contributed by atoms with Crippen LogP contribution in [-0.4, -0.2) is 23.4 Å². The molecule has 0 amide bonds. The van der Waals surface area contributed by atoms with Gasteiger partial charge in [-0.3, -0.25) is 0 Å². The third-order valence-corrected chi connectivity index (χ3v) is 3.75. The molecule has 0 aromatic rings. The first-order valence-electron chi connectivity index (χ1n) is 5.84. The number of aliphatic hydroxyl groups is 1. The van der Waals surface area contributed by atoms with Gasteiger partial charge in [0.1, 0.15) is 0 Å². The van der Waals surface area contributed by atoms with E-state index >= 15 is 0 Å². The zero-order valence-corrected chi connectivity index (χ0v) is 9.38. The highest BCUT2D eigenvalue weighted by Crippen LogP contribution is 2.46. The normalized spacial score (nSPS) is 42.6. The molecule has 2 fully saturated rings. The minimum atomic E-state index is -0.127. The molecule has 2 nitrogen and oxygen atoms in total. The van der Waals surface area contributed by atoms with E-state index in [0.717, 1.165) is 32.3 Å². The second-order valence-electron chi connectivity index (χ2n) is 5.87. The molecule has 1 aliphatic carbocycles. The van der Waals surface area contributed by atoms with E-state index in [1.165, 1.54) is 12.8 Å². The molecular formula is C12H22O2. The lowest BCUT2D eigenvalue weighted by atomic mass is 9.67. The quantitative estimate of drug-likeness (QED) is 0.648. The Morgan fingerprint density at radius 1 is 1.29 bits per heavy atom. The third-order valence-electron chi connectivity index (χ3n) is 3.75. The van der Waals surface area contributed by atoms with Gasteiger partial charge in [-0.1, -0.05) is 20.3 Å². The first-order chi connectivity index (χ1) is 6.52. The molecular weight excluding hydrogens is 176 g/mol. The van der Waals surface area contributed by atoms with Crippen LogP contribution in [0.4, 0.5) is 0 Å². The smallest absolute Gasteiger partial charge is 0.0712 e. The van der Waals surface area contributed by atoms with Gasteiger partial charge >= 0.3 is 0 Å². The summed E-state index contributed by atoms with van der Waals surface area (Å²) in [4.78, 5) is 0. The van der Waals surface area contributed by atoms with Crippen molar-refractivity contribution >= 4 is 0 Å². The largest absolute Gasteiger partial charge is 0.393 e. The third kappa shape index (κ3) is 2.12. The summed E-state index contributed by atoms with van der Waals surface area (Å²) in [6, 6.07) is 0. The van der Waals surface area contributed by atoms with Crippen molar-refractivity contribution in [3.05, 3.63) is 0 Å². The summed E-state index contributed by atoms with van der Waals surface area (Å²) in [5.41, 5.74) is 0.411. The Bertz CT molecular complexity index is 208. The topological polar surface area (TPSA) is 29.5 Å². The maximum atomic E-state index is 9.72. The molecule has 2 unspecified atom stereocenters. The second kappa shape index (κ2) is 3.49. The molecule has 2 aliphatic rings. The van der Waals surface area contributed by atoms with Crippen LogP contribution in [0.3, 0.4) is 0 Å². The van der Waals surface area contributed by atoms with Gasteiger partial charge in [0.25, 0.3) is 0 Å². The number of aliphatic hydroxyl groups excluding tert-OH is 1. The molecule has 2 heteroatoms. The van der Waals surface area contributed by atoms with Crippen LogP contribution in [0.1, 0.15) is 52.4 Å². The lowest BCUT2D eigenvalue weighted by molar-refractivity contribution is -0.153. The van der Waals surface area contributed by atoms with E-state index in [1.54, 1.807) is 0 Å². The maximum Gasteiger partial charge on any atom is 0.0712 e. The van der Waals surface area contributed by atoms with Crippen LogP contribution in [0.2, 0.25) is 0 Å². The molecule has 0 aromatic heterocycles. The first kappa shape index (κ1) is 10.4. The minimum absolute atomic E-state index is 0.0133. The number of hydrogen-bond donors (Lipinski definition) is 1. The van der Waals surface area contributed by atoms with Crippen LogP contribution in [0.15, 0.2) is 0 Å². The van der Waals surface area contributed by atoms with Gasteiger partial charge in [-0.25, -0.2) is 0 Å². The average molecular weight is 198 g/mol. The second-order valence-corrected chi connectivity index (χ2v) is 5.87. The summed E-state index contributed by atoms with van der Waals surface area (Å²) < 4.78 is 5.95. The Balaban J connectivity index is 2.06. The zero-order chi connectivity index (χ0) is 10.2. The molecule has 2 rings (SSSR count). The van der Waals surface area contributed by atoms with Crippen LogP contribution in [0.5, 0.6) is 0 Å². The van der Waals surface area contributed by atoms with E-state index in [4.69, 9.17) is 4.74 Å². The lowest BCUT2D eigenvalue weighted by Gasteiger charge is -2.47. The van der Waals surface area contributed by atoms with E-state index in [0.29, 0.717) is 5.41 Å². The Labute approximate surface area is 86.6 Å². The molecule has 0 radical (unpaired) electrons. The van der Waals surface area contributed by atoms with Crippen molar-refractivity contribution < 1.29 is 9.84 Å². The monoisotopic (exact) mass is 198 g/mol. The summed E-state index contributed by atoms with van der Waals surface area (Å²) in [5.74, 6) is 0. The van der Waals surface area contributed by atoms with Crippen LogP contribution in [-0.2, 0) is 4.74 Å². The van der Waals surface area contributed by atoms with Gasteiger partial charge in [0, 0.05) is 13.0 Å². The van der Waals surface area contributed by atoms with Crippen molar-refractivity contribution in [1.29, 1.82) is 0 Å². The molecule has 1 saturated heterocycles. The molecule has 1 spiro atoms. The molecule has 1 saturated carbocycles. The van der Waals surface area contributed by atoms with Gasteiger partial charge < -0.3 is 9.84 Å². The van der Waals surface area contributed by atoms with Gasteiger partial charge in [-0.05, 0) is 31.1 Å². The van der Waals surface area contributed by atoms with Gasteiger partial charge in [-0.15, -0.1) is 0 Å².